The lowest BCUT2D eigenvalue weighted by Crippen LogP contribution is -2.38. The second-order valence-corrected chi connectivity index (χ2v) is 6.23. The van der Waals surface area contributed by atoms with Crippen molar-refractivity contribution in [2.45, 2.75) is 64.6 Å². The van der Waals surface area contributed by atoms with Gasteiger partial charge in [-0.15, -0.1) is 0 Å². The Morgan fingerprint density at radius 1 is 1.60 bits per heavy atom. The fraction of sp³-hybridized carbons (Fsp3) is 0.786. The normalized spacial score (nSPS) is 20.5. The first-order valence-corrected chi connectivity index (χ1v) is 8.24. The monoisotopic (exact) mass is 344 g/mol. The van der Waals surface area contributed by atoms with Gasteiger partial charge in [-0.05, 0) is 55.5 Å². The molecule has 0 bridgehead atoms. The van der Waals surface area contributed by atoms with Crippen LogP contribution in [0.4, 0.5) is 0 Å². The molecule has 0 amide bonds. The second-order valence-electron chi connectivity index (χ2n) is 5.44. The van der Waals surface area contributed by atoms with Gasteiger partial charge < -0.3 is 4.74 Å². The first kappa shape index (κ1) is 15.9. The summed E-state index contributed by atoms with van der Waals surface area (Å²) < 4.78 is 8.83. The molecule has 6 heteroatoms. The lowest BCUT2D eigenvalue weighted by molar-refractivity contribution is 0.0995. The second kappa shape index (κ2) is 7.54. The molecule has 1 aromatic heterocycles. The fourth-order valence-electron chi connectivity index (χ4n) is 2.80. The van der Waals surface area contributed by atoms with E-state index in [1.54, 1.807) is 0 Å². The molecule has 2 heterocycles. The molecule has 2 atom stereocenters. The van der Waals surface area contributed by atoms with E-state index in [2.05, 4.69) is 38.1 Å². The summed E-state index contributed by atoms with van der Waals surface area (Å²) in [5.74, 6) is 5.72. The van der Waals surface area contributed by atoms with Crippen molar-refractivity contribution in [3.63, 3.8) is 0 Å². The fourth-order valence-corrected chi connectivity index (χ4v) is 3.25. The maximum absolute atomic E-state index is 5.72. The molecule has 3 N–H and O–H groups in total. The third-order valence-corrected chi connectivity index (χ3v) is 5.02. The van der Waals surface area contributed by atoms with Gasteiger partial charge in [0.2, 0.25) is 0 Å². The minimum Gasteiger partial charge on any atom is -0.378 e. The molecule has 0 spiro atoms. The molecule has 0 aromatic carbocycles. The van der Waals surface area contributed by atoms with Gasteiger partial charge in [0.25, 0.3) is 0 Å². The minimum atomic E-state index is 0.261. The highest BCUT2D eigenvalue weighted by Gasteiger charge is 2.20. The lowest BCUT2D eigenvalue weighted by atomic mass is 10.0. The molecule has 1 aliphatic heterocycles. The summed E-state index contributed by atoms with van der Waals surface area (Å²) in [6, 6.07) is 0.261. The topological polar surface area (TPSA) is 65.1 Å². The molecule has 1 fully saturated rings. The van der Waals surface area contributed by atoms with Gasteiger partial charge in [0.15, 0.2) is 0 Å². The Morgan fingerprint density at radius 2 is 2.40 bits per heavy atom. The van der Waals surface area contributed by atoms with Crippen molar-refractivity contribution in [3.05, 3.63) is 15.9 Å². The first-order chi connectivity index (χ1) is 9.65. The standard InChI is InChI=1S/C14H25BrN4O/c1-3-19-13(14(15)10(2)18-19)9-11(17-16)6-7-12-5-4-8-20-12/h11-12,17H,3-9,16H2,1-2H3. The van der Waals surface area contributed by atoms with Crippen molar-refractivity contribution in [2.24, 2.45) is 5.84 Å². The lowest BCUT2D eigenvalue weighted by Gasteiger charge is -2.18. The number of nitrogens with zero attached hydrogens (tertiary/aromatic N) is 2. The van der Waals surface area contributed by atoms with Crippen LogP contribution in [0.1, 0.15) is 44.0 Å². The van der Waals surface area contributed by atoms with Crippen LogP contribution in [-0.4, -0.2) is 28.5 Å². The zero-order valence-electron chi connectivity index (χ0n) is 12.4. The molecular formula is C14H25BrN4O. The number of rotatable bonds is 7. The van der Waals surface area contributed by atoms with E-state index in [1.165, 1.54) is 18.5 Å². The molecule has 114 valence electrons. The number of halogens is 1. The highest BCUT2D eigenvalue weighted by atomic mass is 79.9. The highest BCUT2D eigenvalue weighted by molar-refractivity contribution is 9.10. The Labute approximate surface area is 129 Å². The molecule has 0 radical (unpaired) electrons. The third-order valence-electron chi connectivity index (χ3n) is 3.99. The van der Waals surface area contributed by atoms with Crippen LogP contribution in [0, 0.1) is 6.92 Å². The number of aromatic nitrogens is 2. The molecule has 1 saturated heterocycles. The predicted octanol–water partition coefficient (Wildman–Crippen LogP) is 2.31. The van der Waals surface area contributed by atoms with Crippen molar-refractivity contribution in [1.82, 2.24) is 15.2 Å². The molecule has 2 rings (SSSR count). The quantitative estimate of drug-likeness (QED) is 0.588. The van der Waals surface area contributed by atoms with Crippen LogP contribution in [0.3, 0.4) is 0 Å². The van der Waals surface area contributed by atoms with E-state index < -0.39 is 0 Å². The Bertz CT molecular complexity index is 429. The van der Waals surface area contributed by atoms with E-state index in [9.17, 15) is 0 Å². The van der Waals surface area contributed by atoms with Gasteiger partial charge >= 0.3 is 0 Å². The van der Waals surface area contributed by atoms with Crippen molar-refractivity contribution in [2.75, 3.05) is 6.61 Å². The molecule has 0 saturated carbocycles. The van der Waals surface area contributed by atoms with Crippen LogP contribution in [-0.2, 0) is 17.7 Å². The van der Waals surface area contributed by atoms with Crippen molar-refractivity contribution in [1.29, 1.82) is 0 Å². The largest absolute Gasteiger partial charge is 0.378 e. The summed E-state index contributed by atoms with van der Waals surface area (Å²) in [5.41, 5.74) is 5.21. The summed E-state index contributed by atoms with van der Waals surface area (Å²) in [6.45, 7) is 5.93. The van der Waals surface area contributed by atoms with E-state index in [0.29, 0.717) is 6.10 Å². The molecule has 0 aliphatic carbocycles. The van der Waals surface area contributed by atoms with Crippen LogP contribution in [0.15, 0.2) is 4.47 Å². The van der Waals surface area contributed by atoms with E-state index >= 15 is 0 Å². The van der Waals surface area contributed by atoms with E-state index in [-0.39, 0.29) is 6.04 Å². The predicted molar refractivity (Wildman–Crippen MR) is 83.4 cm³/mol. The third kappa shape index (κ3) is 3.81. The van der Waals surface area contributed by atoms with Gasteiger partial charge in [-0.3, -0.25) is 16.0 Å². The number of ether oxygens (including phenoxy) is 1. The smallest absolute Gasteiger partial charge is 0.0738 e. The van der Waals surface area contributed by atoms with Crippen LogP contribution in [0.25, 0.3) is 0 Å². The van der Waals surface area contributed by atoms with Crippen LogP contribution < -0.4 is 11.3 Å². The van der Waals surface area contributed by atoms with Crippen LogP contribution in [0.2, 0.25) is 0 Å². The molecular weight excluding hydrogens is 320 g/mol. The minimum absolute atomic E-state index is 0.261. The Kier molecular flexibility index (Phi) is 6.01. The zero-order chi connectivity index (χ0) is 14.5. The SMILES string of the molecule is CCn1nc(C)c(Br)c1CC(CCC1CCCO1)NN. The summed E-state index contributed by atoms with van der Waals surface area (Å²) in [4.78, 5) is 0. The van der Waals surface area contributed by atoms with E-state index in [1.807, 2.05) is 6.92 Å². The van der Waals surface area contributed by atoms with Crippen LogP contribution in [0.5, 0.6) is 0 Å². The van der Waals surface area contributed by atoms with Crippen molar-refractivity contribution >= 4 is 15.9 Å². The Morgan fingerprint density at radius 3 is 3.00 bits per heavy atom. The van der Waals surface area contributed by atoms with Gasteiger partial charge in [-0.2, -0.15) is 5.10 Å². The highest BCUT2D eigenvalue weighted by Crippen LogP contribution is 2.24. The number of hydrogen-bond donors (Lipinski definition) is 2. The number of hydrogen-bond acceptors (Lipinski definition) is 4. The molecule has 5 nitrogen and oxygen atoms in total. The Balaban J connectivity index is 1.95. The summed E-state index contributed by atoms with van der Waals surface area (Å²) in [7, 11) is 0. The number of aryl methyl sites for hydroxylation is 2. The number of nitrogens with two attached hydrogens (primary N) is 1. The average molecular weight is 345 g/mol. The van der Waals surface area contributed by atoms with Gasteiger partial charge in [0.05, 0.1) is 22.0 Å². The Hall–Kier alpha value is -0.430. The summed E-state index contributed by atoms with van der Waals surface area (Å²) >= 11 is 3.64. The number of nitrogens with one attached hydrogen (secondary N) is 1. The van der Waals surface area contributed by atoms with Crippen molar-refractivity contribution < 1.29 is 4.74 Å². The van der Waals surface area contributed by atoms with Gasteiger partial charge in [-0.25, -0.2) is 0 Å². The van der Waals surface area contributed by atoms with Gasteiger partial charge in [0.1, 0.15) is 0 Å². The first-order valence-electron chi connectivity index (χ1n) is 7.45. The molecule has 20 heavy (non-hydrogen) atoms. The maximum Gasteiger partial charge on any atom is 0.0738 e. The summed E-state index contributed by atoms with van der Waals surface area (Å²) in [6.07, 6.45) is 5.80. The van der Waals surface area contributed by atoms with Gasteiger partial charge in [-0.1, -0.05) is 0 Å². The molecule has 2 unspecified atom stereocenters. The zero-order valence-corrected chi connectivity index (χ0v) is 13.9. The maximum atomic E-state index is 5.72. The van der Waals surface area contributed by atoms with E-state index in [0.717, 1.165) is 42.6 Å². The van der Waals surface area contributed by atoms with Crippen molar-refractivity contribution in [3.8, 4) is 0 Å². The number of hydrazine groups is 1. The molecule has 1 aromatic rings. The average Bonchev–Trinajstić information content (AvgIpc) is 3.06. The van der Waals surface area contributed by atoms with Gasteiger partial charge in [0, 0.05) is 25.6 Å². The summed E-state index contributed by atoms with van der Waals surface area (Å²) in [5, 5.41) is 4.53. The molecule has 1 aliphatic rings. The van der Waals surface area contributed by atoms with Crippen LogP contribution >= 0.6 is 15.9 Å². The van der Waals surface area contributed by atoms with E-state index in [4.69, 9.17) is 10.6 Å².